The Kier molecular flexibility index (Phi) is 4.92. The fourth-order valence-corrected chi connectivity index (χ4v) is 1.54. The molecular formula is C12H19N3O. The van der Waals surface area contributed by atoms with E-state index in [1.165, 1.54) is 0 Å². The van der Waals surface area contributed by atoms with Crippen molar-refractivity contribution in [3.05, 3.63) is 29.6 Å². The van der Waals surface area contributed by atoms with Crippen molar-refractivity contribution >= 4 is 5.91 Å². The maximum Gasteiger partial charge on any atom is 0.251 e. The number of carbonyl (C=O) groups is 1. The van der Waals surface area contributed by atoms with E-state index in [1.54, 1.807) is 18.3 Å². The van der Waals surface area contributed by atoms with Gasteiger partial charge in [-0.25, -0.2) is 0 Å². The third-order valence-corrected chi connectivity index (χ3v) is 2.50. The summed E-state index contributed by atoms with van der Waals surface area (Å²) >= 11 is 0. The summed E-state index contributed by atoms with van der Waals surface area (Å²) in [6.07, 6.45) is 3.35. The monoisotopic (exact) mass is 221 g/mol. The molecule has 0 aliphatic carbocycles. The number of hydrogen-bond donors (Lipinski definition) is 2. The van der Waals surface area contributed by atoms with Gasteiger partial charge >= 0.3 is 0 Å². The molecule has 1 atom stereocenters. The van der Waals surface area contributed by atoms with Crippen LogP contribution in [0.3, 0.4) is 0 Å². The molecule has 0 saturated carbocycles. The molecular weight excluding hydrogens is 202 g/mol. The van der Waals surface area contributed by atoms with E-state index in [2.05, 4.69) is 10.3 Å². The van der Waals surface area contributed by atoms with Crippen molar-refractivity contribution in [2.75, 3.05) is 6.54 Å². The maximum absolute atomic E-state index is 11.9. The smallest absolute Gasteiger partial charge is 0.251 e. The molecule has 0 spiro atoms. The average Bonchev–Trinajstić information content (AvgIpc) is 2.28. The van der Waals surface area contributed by atoms with Crippen molar-refractivity contribution < 1.29 is 4.79 Å². The maximum atomic E-state index is 11.9. The number of amides is 1. The molecule has 0 radical (unpaired) electrons. The molecule has 0 fully saturated rings. The zero-order valence-corrected chi connectivity index (χ0v) is 9.86. The van der Waals surface area contributed by atoms with Crippen LogP contribution >= 0.6 is 0 Å². The molecule has 4 heteroatoms. The molecule has 16 heavy (non-hydrogen) atoms. The van der Waals surface area contributed by atoms with Crippen molar-refractivity contribution in [1.82, 2.24) is 10.3 Å². The zero-order chi connectivity index (χ0) is 12.0. The van der Waals surface area contributed by atoms with E-state index in [4.69, 9.17) is 5.73 Å². The van der Waals surface area contributed by atoms with Crippen LogP contribution in [0, 0.1) is 6.92 Å². The molecule has 1 heterocycles. The standard InChI is InChI=1S/C12H19N3O/c1-3-11(4-6-13)15-12(16)10-5-7-14-9(2)8-10/h5,7-8,11H,3-4,6,13H2,1-2H3,(H,15,16). The summed E-state index contributed by atoms with van der Waals surface area (Å²) in [5.41, 5.74) is 6.98. The summed E-state index contributed by atoms with van der Waals surface area (Å²) in [6.45, 7) is 4.50. The Morgan fingerprint density at radius 2 is 2.38 bits per heavy atom. The molecule has 3 N–H and O–H groups in total. The highest BCUT2D eigenvalue weighted by molar-refractivity contribution is 5.94. The molecule has 1 unspecified atom stereocenters. The fraction of sp³-hybridized carbons (Fsp3) is 0.500. The summed E-state index contributed by atoms with van der Waals surface area (Å²) in [7, 11) is 0. The predicted molar refractivity (Wildman–Crippen MR) is 64.2 cm³/mol. The van der Waals surface area contributed by atoms with Crippen molar-refractivity contribution in [2.24, 2.45) is 5.73 Å². The van der Waals surface area contributed by atoms with E-state index < -0.39 is 0 Å². The van der Waals surface area contributed by atoms with Crippen LogP contribution in [-0.4, -0.2) is 23.5 Å². The summed E-state index contributed by atoms with van der Waals surface area (Å²) < 4.78 is 0. The topological polar surface area (TPSA) is 68.0 Å². The van der Waals surface area contributed by atoms with Gasteiger partial charge in [-0.05, 0) is 38.4 Å². The molecule has 88 valence electrons. The number of aryl methyl sites for hydroxylation is 1. The van der Waals surface area contributed by atoms with Crippen LogP contribution in [-0.2, 0) is 0 Å². The van der Waals surface area contributed by atoms with Gasteiger partial charge in [0.25, 0.3) is 5.91 Å². The van der Waals surface area contributed by atoms with Gasteiger partial charge in [-0.2, -0.15) is 0 Å². The van der Waals surface area contributed by atoms with Crippen LogP contribution in [0.1, 0.15) is 35.8 Å². The summed E-state index contributed by atoms with van der Waals surface area (Å²) in [5, 5.41) is 2.96. The molecule has 0 saturated heterocycles. The van der Waals surface area contributed by atoms with Gasteiger partial charge in [-0.1, -0.05) is 6.92 Å². The Balaban J connectivity index is 2.64. The second-order valence-corrected chi connectivity index (χ2v) is 3.84. The SMILES string of the molecule is CCC(CCN)NC(=O)c1ccnc(C)c1. The lowest BCUT2D eigenvalue weighted by atomic mass is 10.1. The van der Waals surface area contributed by atoms with Gasteiger partial charge in [0.15, 0.2) is 0 Å². The minimum atomic E-state index is -0.0502. The number of nitrogens with one attached hydrogen (secondary N) is 1. The second kappa shape index (κ2) is 6.23. The van der Waals surface area contributed by atoms with E-state index in [0.29, 0.717) is 12.1 Å². The fourth-order valence-electron chi connectivity index (χ4n) is 1.54. The molecule has 0 aliphatic rings. The number of nitrogens with zero attached hydrogens (tertiary/aromatic N) is 1. The summed E-state index contributed by atoms with van der Waals surface area (Å²) in [6, 6.07) is 3.66. The van der Waals surface area contributed by atoms with Gasteiger partial charge in [-0.15, -0.1) is 0 Å². The lowest BCUT2D eigenvalue weighted by Crippen LogP contribution is -2.35. The number of nitrogens with two attached hydrogens (primary N) is 1. The molecule has 1 amide bonds. The molecule has 0 bridgehead atoms. The Morgan fingerprint density at radius 3 is 2.94 bits per heavy atom. The highest BCUT2D eigenvalue weighted by Gasteiger charge is 2.11. The third-order valence-electron chi connectivity index (χ3n) is 2.50. The van der Waals surface area contributed by atoms with E-state index in [0.717, 1.165) is 18.5 Å². The molecule has 1 rings (SSSR count). The van der Waals surface area contributed by atoms with Gasteiger partial charge in [-0.3, -0.25) is 9.78 Å². The average molecular weight is 221 g/mol. The van der Waals surface area contributed by atoms with Crippen LogP contribution in [0.2, 0.25) is 0 Å². The lowest BCUT2D eigenvalue weighted by molar-refractivity contribution is 0.0934. The minimum Gasteiger partial charge on any atom is -0.349 e. The van der Waals surface area contributed by atoms with Gasteiger partial charge in [0.1, 0.15) is 0 Å². The van der Waals surface area contributed by atoms with E-state index in [-0.39, 0.29) is 11.9 Å². The van der Waals surface area contributed by atoms with Crippen LogP contribution in [0.25, 0.3) is 0 Å². The molecule has 1 aromatic rings. The van der Waals surface area contributed by atoms with Crippen LogP contribution in [0.4, 0.5) is 0 Å². The highest BCUT2D eigenvalue weighted by atomic mass is 16.1. The number of rotatable bonds is 5. The Hall–Kier alpha value is -1.42. The van der Waals surface area contributed by atoms with Crippen LogP contribution in [0.15, 0.2) is 18.3 Å². The van der Waals surface area contributed by atoms with E-state index >= 15 is 0 Å². The largest absolute Gasteiger partial charge is 0.349 e. The zero-order valence-electron chi connectivity index (χ0n) is 9.86. The van der Waals surface area contributed by atoms with Crippen molar-refractivity contribution in [3.8, 4) is 0 Å². The quantitative estimate of drug-likeness (QED) is 0.786. The first-order valence-electron chi connectivity index (χ1n) is 5.61. The predicted octanol–water partition coefficient (Wildman–Crippen LogP) is 1.25. The minimum absolute atomic E-state index is 0.0502. The van der Waals surface area contributed by atoms with Gasteiger partial charge in [0.2, 0.25) is 0 Å². The number of carbonyl (C=O) groups excluding carboxylic acids is 1. The Bertz CT molecular complexity index is 352. The number of hydrogen-bond acceptors (Lipinski definition) is 3. The van der Waals surface area contributed by atoms with Gasteiger partial charge < -0.3 is 11.1 Å². The summed E-state index contributed by atoms with van der Waals surface area (Å²) in [5.74, 6) is -0.0502. The Morgan fingerprint density at radius 1 is 1.62 bits per heavy atom. The molecule has 0 aliphatic heterocycles. The van der Waals surface area contributed by atoms with Crippen molar-refractivity contribution in [1.29, 1.82) is 0 Å². The van der Waals surface area contributed by atoms with Gasteiger partial charge in [0.05, 0.1) is 0 Å². The van der Waals surface area contributed by atoms with E-state index in [9.17, 15) is 4.79 Å². The number of aromatic nitrogens is 1. The number of pyridine rings is 1. The summed E-state index contributed by atoms with van der Waals surface area (Å²) in [4.78, 5) is 15.9. The molecule has 1 aromatic heterocycles. The first kappa shape index (κ1) is 12.6. The highest BCUT2D eigenvalue weighted by Crippen LogP contribution is 2.03. The Labute approximate surface area is 96.3 Å². The van der Waals surface area contributed by atoms with E-state index in [1.807, 2.05) is 13.8 Å². The lowest BCUT2D eigenvalue weighted by Gasteiger charge is -2.15. The van der Waals surface area contributed by atoms with Crippen LogP contribution in [0.5, 0.6) is 0 Å². The molecule has 0 aromatic carbocycles. The molecule has 4 nitrogen and oxygen atoms in total. The second-order valence-electron chi connectivity index (χ2n) is 3.84. The first-order chi connectivity index (χ1) is 7.67. The van der Waals surface area contributed by atoms with Crippen molar-refractivity contribution in [3.63, 3.8) is 0 Å². The first-order valence-corrected chi connectivity index (χ1v) is 5.61. The normalized spacial score (nSPS) is 12.2. The van der Waals surface area contributed by atoms with Crippen LogP contribution < -0.4 is 11.1 Å². The van der Waals surface area contributed by atoms with Gasteiger partial charge in [0, 0.05) is 23.5 Å². The van der Waals surface area contributed by atoms with Crippen molar-refractivity contribution in [2.45, 2.75) is 32.7 Å². The third kappa shape index (κ3) is 3.62.